The van der Waals surface area contributed by atoms with E-state index in [2.05, 4.69) is 0 Å². The molecule has 0 saturated carbocycles. The second kappa shape index (κ2) is 7.99. The summed E-state index contributed by atoms with van der Waals surface area (Å²) in [5.74, 6) is 0.116. The molecular formula is C12H16F3NO4S. The van der Waals surface area contributed by atoms with E-state index in [1.807, 2.05) is 49.1 Å². The van der Waals surface area contributed by atoms with Crippen LogP contribution in [-0.4, -0.2) is 42.4 Å². The first-order valence-corrected chi connectivity index (χ1v) is 7.36. The van der Waals surface area contributed by atoms with E-state index in [0.717, 1.165) is 18.7 Å². The van der Waals surface area contributed by atoms with Gasteiger partial charge in [-0.3, -0.25) is 9.35 Å². The molecule has 0 unspecified atom stereocenters. The molecule has 0 aliphatic heterocycles. The molecule has 0 aliphatic carbocycles. The van der Waals surface area contributed by atoms with Crippen LogP contribution in [0, 0.1) is 0 Å². The fourth-order valence-electron chi connectivity index (χ4n) is 1.27. The smallest absolute Gasteiger partial charge is 0.339 e. The molecule has 0 atom stereocenters. The zero-order valence-electron chi connectivity index (χ0n) is 11.5. The summed E-state index contributed by atoms with van der Waals surface area (Å²) in [6.07, 6.45) is 0. The second-order valence-corrected chi connectivity index (χ2v) is 5.18. The molecule has 1 aromatic rings. The average Bonchev–Trinajstić information content (AvgIpc) is 2.39. The summed E-state index contributed by atoms with van der Waals surface area (Å²) in [5.41, 5.74) is -4.77. The van der Waals surface area contributed by atoms with Crippen molar-refractivity contribution in [1.82, 2.24) is 4.90 Å². The Morgan fingerprint density at radius 1 is 1.14 bits per heavy atom. The fourth-order valence-corrected chi connectivity index (χ4v) is 1.27. The van der Waals surface area contributed by atoms with Crippen LogP contribution in [0.5, 0.6) is 0 Å². The lowest BCUT2D eigenvalue weighted by molar-refractivity contribution is -0.0510. The highest BCUT2D eigenvalue weighted by atomic mass is 32.2. The number of hydrogen-bond acceptors (Lipinski definition) is 3. The Kier molecular flexibility index (Phi) is 7.37. The maximum Gasteiger partial charge on any atom is 0.522 e. The second-order valence-electron chi connectivity index (χ2n) is 3.76. The van der Waals surface area contributed by atoms with Crippen molar-refractivity contribution in [3.63, 3.8) is 0 Å². The normalized spacial score (nSPS) is 11.3. The van der Waals surface area contributed by atoms with E-state index >= 15 is 0 Å². The van der Waals surface area contributed by atoms with Crippen LogP contribution in [-0.2, 0) is 10.1 Å². The summed E-state index contributed by atoms with van der Waals surface area (Å²) < 4.78 is 57.5. The quantitative estimate of drug-likeness (QED) is 0.684. The molecular weight excluding hydrogens is 311 g/mol. The van der Waals surface area contributed by atoms with Gasteiger partial charge in [0, 0.05) is 18.7 Å². The van der Waals surface area contributed by atoms with E-state index in [-0.39, 0.29) is 5.91 Å². The Balaban J connectivity index is 0.000000433. The first-order chi connectivity index (χ1) is 9.54. The van der Waals surface area contributed by atoms with Crippen molar-refractivity contribution < 1.29 is 30.9 Å². The fraction of sp³-hybridized carbons (Fsp3) is 0.417. The molecule has 0 saturated heterocycles. The van der Waals surface area contributed by atoms with Gasteiger partial charge in [0.25, 0.3) is 5.91 Å². The third-order valence-corrected chi connectivity index (χ3v) is 2.95. The number of carbonyl (C=O) groups excluding carboxylic acids is 1. The predicted octanol–water partition coefficient (Wildman–Crippen LogP) is 2.56. The standard InChI is InChI=1S/C11H15NO.CHF3O3S/c1-3-12(4-2)11(13)10-8-6-5-7-9-10;2-1(3,4)8(5,6)7/h5-9H,3-4H2,1-2H3;(H,5,6,7). The first kappa shape index (κ1) is 19.4. The molecule has 0 fully saturated rings. The monoisotopic (exact) mass is 327 g/mol. The van der Waals surface area contributed by atoms with E-state index in [4.69, 9.17) is 13.0 Å². The predicted molar refractivity (Wildman–Crippen MR) is 71.3 cm³/mol. The summed E-state index contributed by atoms with van der Waals surface area (Å²) in [6.45, 7) is 5.52. The number of nitrogens with zero attached hydrogens (tertiary/aromatic N) is 1. The lowest BCUT2D eigenvalue weighted by Crippen LogP contribution is -2.30. The van der Waals surface area contributed by atoms with Crippen molar-refractivity contribution in [1.29, 1.82) is 0 Å². The van der Waals surface area contributed by atoms with Crippen LogP contribution in [0.25, 0.3) is 0 Å². The van der Waals surface area contributed by atoms with Gasteiger partial charge in [0.1, 0.15) is 0 Å². The largest absolute Gasteiger partial charge is 0.522 e. The highest BCUT2D eigenvalue weighted by molar-refractivity contribution is 7.86. The van der Waals surface area contributed by atoms with Gasteiger partial charge < -0.3 is 4.90 Å². The summed E-state index contributed by atoms with van der Waals surface area (Å²) in [5, 5.41) is 0. The minimum atomic E-state index is -5.84. The van der Waals surface area contributed by atoms with Crippen LogP contribution in [0.15, 0.2) is 30.3 Å². The van der Waals surface area contributed by atoms with Gasteiger partial charge in [-0.1, -0.05) is 18.2 Å². The summed E-state index contributed by atoms with van der Waals surface area (Å²) in [4.78, 5) is 13.5. The Labute approximate surface area is 121 Å². The van der Waals surface area contributed by atoms with Gasteiger partial charge in [0.15, 0.2) is 0 Å². The molecule has 5 nitrogen and oxygen atoms in total. The molecule has 0 radical (unpaired) electrons. The third kappa shape index (κ3) is 6.58. The van der Waals surface area contributed by atoms with Gasteiger partial charge >= 0.3 is 15.6 Å². The molecule has 1 aromatic carbocycles. The van der Waals surface area contributed by atoms with Crippen molar-refractivity contribution in [3.05, 3.63) is 35.9 Å². The van der Waals surface area contributed by atoms with Crippen LogP contribution < -0.4 is 0 Å². The molecule has 9 heteroatoms. The van der Waals surface area contributed by atoms with E-state index in [9.17, 15) is 18.0 Å². The van der Waals surface area contributed by atoms with E-state index < -0.39 is 15.6 Å². The van der Waals surface area contributed by atoms with Crippen molar-refractivity contribution in [3.8, 4) is 0 Å². The van der Waals surface area contributed by atoms with Gasteiger partial charge in [0.2, 0.25) is 0 Å². The zero-order chi connectivity index (χ0) is 16.7. The van der Waals surface area contributed by atoms with Crippen LogP contribution in [0.3, 0.4) is 0 Å². The molecule has 0 bridgehead atoms. The van der Waals surface area contributed by atoms with Gasteiger partial charge in [-0.15, -0.1) is 0 Å². The molecule has 1 N–H and O–H groups in total. The average molecular weight is 327 g/mol. The molecule has 1 amide bonds. The lowest BCUT2D eigenvalue weighted by atomic mass is 10.2. The van der Waals surface area contributed by atoms with E-state index in [1.54, 1.807) is 0 Å². The number of alkyl halides is 3. The highest BCUT2D eigenvalue weighted by Gasteiger charge is 2.44. The van der Waals surface area contributed by atoms with E-state index in [0.29, 0.717) is 0 Å². The van der Waals surface area contributed by atoms with Gasteiger partial charge in [-0.2, -0.15) is 21.6 Å². The first-order valence-electron chi connectivity index (χ1n) is 5.92. The zero-order valence-corrected chi connectivity index (χ0v) is 12.3. The SMILES string of the molecule is CCN(CC)C(=O)c1ccccc1.O=S(=O)(O)C(F)(F)F. The Hall–Kier alpha value is -1.61. The van der Waals surface area contributed by atoms with Crippen LogP contribution >= 0.6 is 0 Å². The van der Waals surface area contributed by atoms with E-state index in [1.165, 1.54) is 0 Å². The lowest BCUT2D eigenvalue weighted by Gasteiger charge is -2.18. The summed E-state index contributed by atoms with van der Waals surface area (Å²) in [6, 6.07) is 9.38. The van der Waals surface area contributed by atoms with Crippen molar-refractivity contribution in [2.45, 2.75) is 19.4 Å². The minimum absolute atomic E-state index is 0.116. The summed E-state index contributed by atoms with van der Waals surface area (Å²) >= 11 is 0. The Morgan fingerprint density at radius 2 is 1.52 bits per heavy atom. The molecule has 0 aliphatic rings. The van der Waals surface area contributed by atoms with Gasteiger partial charge in [0.05, 0.1) is 0 Å². The van der Waals surface area contributed by atoms with Crippen molar-refractivity contribution in [2.24, 2.45) is 0 Å². The number of halogens is 3. The van der Waals surface area contributed by atoms with Crippen LogP contribution in [0.2, 0.25) is 0 Å². The maximum atomic E-state index is 11.7. The van der Waals surface area contributed by atoms with Crippen molar-refractivity contribution in [2.75, 3.05) is 13.1 Å². The molecule has 21 heavy (non-hydrogen) atoms. The topological polar surface area (TPSA) is 74.7 Å². The van der Waals surface area contributed by atoms with Crippen LogP contribution in [0.1, 0.15) is 24.2 Å². The minimum Gasteiger partial charge on any atom is -0.339 e. The number of carbonyl (C=O) groups is 1. The van der Waals surface area contributed by atoms with Gasteiger partial charge in [-0.05, 0) is 26.0 Å². The Bertz CT molecular complexity index is 539. The van der Waals surface area contributed by atoms with Crippen LogP contribution in [0.4, 0.5) is 13.2 Å². The maximum absolute atomic E-state index is 11.7. The summed E-state index contributed by atoms with van der Waals surface area (Å²) in [7, 11) is -5.84. The Morgan fingerprint density at radius 3 is 1.81 bits per heavy atom. The number of amides is 1. The highest BCUT2D eigenvalue weighted by Crippen LogP contribution is 2.20. The number of hydrogen-bond donors (Lipinski definition) is 1. The molecule has 0 spiro atoms. The number of benzene rings is 1. The molecule has 1 rings (SSSR count). The van der Waals surface area contributed by atoms with Gasteiger partial charge in [-0.25, -0.2) is 0 Å². The third-order valence-electron chi connectivity index (χ3n) is 2.36. The van der Waals surface area contributed by atoms with Crippen molar-refractivity contribution >= 4 is 16.0 Å². The molecule has 120 valence electrons. The molecule has 0 aromatic heterocycles. The number of rotatable bonds is 3. The molecule has 0 heterocycles.